The first kappa shape index (κ1) is 30.9. The minimum atomic E-state index is 0.0641. The number of benzene rings is 7. The molecule has 252 valence electrons. The largest absolute Gasteiger partial charge is 0.374 e. The van der Waals surface area contributed by atoms with E-state index in [1.807, 2.05) is 0 Å². The first-order valence-corrected chi connectivity index (χ1v) is 18.9. The highest BCUT2D eigenvalue weighted by Crippen LogP contribution is 2.60. The lowest BCUT2D eigenvalue weighted by atomic mass is 9.76. The highest BCUT2D eigenvalue weighted by molar-refractivity contribution is 5.98. The highest BCUT2D eigenvalue weighted by atomic mass is 15.2. The zero-order valence-electron chi connectivity index (χ0n) is 29.7. The number of rotatable bonds is 6. The smallest absolute Gasteiger partial charge is 0.0544 e. The second kappa shape index (κ2) is 12.4. The average molecular weight is 671 g/mol. The molecule has 7 aromatic carbocycles. The van der Waals surface area contributed by atoms with Gasteiger partial charge in [-0.3, -0.25) is 0 Å². The van der Waals surface area contributed by atoms with Crippen molar-refractivity contribution < 1.29 is 0 Å². The molecule has 1 aliphatic heterocycles. The molecule has 52 heavy (non-hydrogen) atoms. The van der Waals surface area contributed by atoms with Crippen LogP contribution < -0.4 is 9.80 Å². The van der Waals surface area contributed by atoms with Crippen molar-refractivity contribution >= 4 is 22.7 Å². The van der Waals surface area contributed by atoms with Crippen molar-refractivity contribution in [2.75, 3.05) is 23.4 Å². The van der Waals surface area contributed by atoms with Crippen molar-refractivity contribution in [1.29, 1.82) is 0 Å². The molecule has 0 saturated heterocycles. The molecule has 2 nitrogen and oxygen atoms in total. The van der Waals surface area contributed by atoms with Crippen molar-refractivity contribution in [2.45, 2.75) is 37.5 Å². The Morgan fingerprint density at radius 2 is 1.04 bits per heavy atom. The van der Waals surface area contributed by atoms with Gasteiger partial charge < -0.3 is 9.80 Å². The van der Waals surface area contributed by atoms with E-state index in [0.29, 0.717) is 0 Å². The Labute approximate surface area is 307 Å². The van der Waals surface area contributed by atoms with E-state index in [-0.39, 0.29) is 5.41 Å². The molecule has 1 spiro atoms. The Bertz CT molecular complexity index is 2320. The summed E-state index contributed by atoms with van der Waals surface area (Å²) in [6, 6.07) is 61.2. The zero-order valence-corrected chi connectivity index (χ0v) is 29.7. The van der Waals surface area contributed by atoms with Gasteiger partial charge in [0, 0.05) is 47.2 Å². The molecule has 1 fully saturated rings. The number of nitrogens with zero attached hydrogens (tertiary/aromatic N) is 2. The standard InChI is InChI=1S/C50H42N2/c1-51-32-29-39-17-12-19-43(49(39)51)45-33-44-42-18-8-9-20-46(42)50(30-10-11-31-50)47(44)34-48(45)52(40-25-21-37(22-26-40)35-13-4-2-5-14-35)41-27-23-38(24-28-41)36-15-6-3-7-16-36/h2-9,12-28,33-34H,10-11,29-32H2,1H3. The number of fused-ring (bicyclic) bond motifs is 6. The van der Waals surface area contributed by atoms with E-state index in [9.17, 15) is 0 Å². The van der Waals surface area contributed by atoms with E-state index in [0.717, 1.165) is 24.3 Å². The van der Waals surface area contributed by atoms with Crippen molar-refractivity contribution in [2.24, 2.45) is 0 Å². The van der Waals surface area contributed by atoms with Gasteiger partial charge in [0.15, 0.2) is 0 Å². The molecule has 1 heterocycles. The zero-order chi connectivity index (χ0) is 34.6. The Morgan fingerprint density at radius 3 is 1.67 bits per heavy atom. The maximum absolute atomic E-state index is 2.60. The molecular weight excluding hydrogens is 629 g/mol. The van der Waals surface area contributed by atoms with Gasteiger partial charge in [-0.15, -0.1) is 0 Å². The van der Waals surface area contributed by atoms with Crippen LogP contribution >= 0.6 is 0 Å². The van der Waals surface area contributed by atoms with Gasteiger partial charge in [0.1, 0.15) is 0 Å². The van der Waals surface area contributed by atoms with E-state index >= 15 is 0 Å². The van der Waals surface area contributed by atoms with Gasteiger partial charge in [0.2, 0.25) is 0 Å². The fourth-order valence-electron chi connectivity index (χ4n) is 9.56. The van der Waals surface area contributed by atoms with Crippen molar-refractivity contribution in [3.8, 4) is 44.5 Å². The molecule has 0 unspecified atom stereocenters. The van der Waals surface area contributed by atoms with Crippen LogP contribution in [0.25, 0.3) is 44.5 Å². The van der Waals surface area contributed by atoms with E-state index < -0.39 is 0 Å². The summed E-state index contributed by atoms with van der Waals surface area (Å²) in [5, 5.41) is 0. The molecule has 10 rings (SSSR count). The molecule has 2 aliphatic carbocycles. The summed E-state index contributed by atoms with van der Waals surface area (Å²) in [6.45, 7) is 1.05. The van der Waals surface area contributed by atoms with Crippen LogP contribution in [0, 0.1) is 0 Å². The lowest BCUT2D eigenvalue weighted by molar-refractivity contribution is 0.550. The van der Waals surface area contributed by atoms with E-state index in [1.54, 1.807) is 0 Å². The van der Waals surface area contributed by atoms with Crippen molar-refractivity contribution in [1.82, 2.24) is 0 Å². The predicted octanol–water partition coefficient (Wildman–Crippen LogP) is 13.0. The van der Waals surface area contributed by atoms with E-state index in [1.165, 1.54) is 98.3 Å². The van der Waals surface area contributed by atoms with Gasteiger partial charge in [0.25, 0.3) is 0 Å². The average Bonchev–Trinajstić information content (AvgIpc) is 3.93. The van der Waals surface area contributed by atoms with Gasteiger partial charge in [0.05, 0.1) is 5.69 Å². The molecule has 0 N–H and O–H groups in total. The van der Waals surface area contributed by atoms with Crippen LogP contribution in [0.1, 0.15) is 42.4 Å². The number of hydrogen-bond donors (Lipinski definition) is 0. The van der Waals surface area contributed by atoms with Crippen LogP contribution in [0.4, 0.5) is 22.7 Å². The van der Waals surface area contributed by atoms with Gasteiger partial charge in [-0.1, -0.05) is 140 Å². The van der Waals surface area contributed by atoms with Crippen molar-refractivity contribution in [3.63, 3.8) is 0 Å². The van der Waals surface area contributed by atoms with Gasteiger partial charge in [-0.2, -0.15) is 0 Å². The lowest BCUT2D eigenvalue weighted by Gasteiger charge is -2.32. The van der Waals surface area contributed by atoms with Crippen LogP contribution in [0.2, 0.25) is 0 Å². The van der Waals surface area contributed by atoms with E-state index in [2.05, 4.69) is 181 Å². The Balaban J connectivity index is 1.23. The predicted molar refractivity (Wildman–Crippen MR) is 219 cm³/mol. The molecule has 1 saturated carbocycles. The molecule has 0 radical (unpaired) electrons. The third-order valence-electron chi connectivity index (χ3n) is 12.1. The number of anilines is 4. The summed E-state index contributed by atoms with van der Waals surface area (Å²) in [5.41, 5.74) is 19.8. The van der Waals surface area contributed by atoms with Gasteiger partial charge >= 0.3 is 0 Å². The first-order valence-electron chi connectivity index (χ1n) is 18.9. The maximum Gasteiger partial charge on any atom is 0.0544 e. The second-order valence-corrected chi connectivity index (χ2v) is 14.9. The molecule has 3 aliphatic rings. The third-order valence-corrected chi connectivity index (χ3v) is 12.1. The summed E-state index contributed by atoms with van der Waals surface area (Å²) in [4.78, 5) is 4.99. The van der Waals surface area contributed by atoms with Crippen LogP contribution in [0.15, 0.2) is 164 Å². The minimum absolute atomic E-state index is 0.0641. The molecule has 0 atom stereocenters. The quantitative estimate of drug-likeness (QED) is 0.174. The number of likely N-dealkylation sites (N-methyl/N-ethyl adjacent to an activating group) is 1. The molecule has 0 bridgehead atoms. The third kappa shape index (κ3) is 4.93. The Hall–Kier alpha value is -5.86. The SMILES string of the molecule is CN1CCc2cccc(-c3cc4c(cc3N(c3ccc(-c5ccccc5)cc3)c3ccc(-c5ccccc5)cc3)C3(CCCC3)c3ccccc3-4)c21. The Kier molecular flexibility index (Phi) is 7.39. The molecule has 7 aromatic rings. The highest BCUT2D eigenvalue weighted by Gasteiger charge is 2.45. The number of hydrogen-bond acceptors (Lipinski definition) is 2. The van der Waals surface area contributed by atoms with Crippen molar-refractivity contribution in [3.05, 3.63) is 180 Å². The summed E-state index contributed by atoms with van der Waals surface area (Å²) >= 11 is 0. The topological polar surface area (TPSA) is 6.48 Å². The second-order valence-electron chi connectivity index (χ2n) is 14.9. The number of para-hydroxylation sites is 1. The molecular formula is C50H42N2. The van der Waals surface area contributed by atoms with Crippen LogP contribution in [-0.4, -0.2) is 13.6 Å². The van der Waals surface area contributed by atoms with Gasteiger partial charge in [-0.25, -0.2) is 0 Å². The summed E-state index contributed by atoms with van der Waals surface area (Å²) in [7, 11) is 2.26. The van der Waals surface area contributed by atoms with E-state index in [4.69, 9.17) is 0 Å². The monoisotopic (exact) mass is 670 g/mol. The fraction of sp³-hybridized carbons (Fsp3) is 0.160. The maximum atomic E-state index is 2.60. The summed E-state index contributed by atoms with van der Waals surface area (Å²) in [6.07, 6.45) is 6.03. The minimum Gasteiger partial charge on any atom is -0.374 e. The fourth-order valence-corrected chi connectivity index (χ4v) is 9.56. The lowest BCUT2D eigenvalue weighted by Crippen LogP contribution is -2.21. The molecule has 0 aromatic heterocycles. The molecule has 2 heteroatoms. The van der Waals surface area contributed by atoms with Crippen LogP contribution in [0.5, 0.6) is 0 Å². The van der Waals surface area contributed by atoms with Crippen LogP contribution in [-0.2, 0) is 11.8 Å². The molecule has 0 amide bonds. The van der Waals surface area contributed by atoms with Gasteiger partial charge in [-0.05, 0) is 106 Å². The van der Waals surface area contributed by atoms with Crippen LogP contribution in [0.3, 0.4) is 0 Å². The summed E-state index contributed by atoms with van der Waals surface area (Å²) in [5.74, 6) is 0. The summed E-state index contributed by atoms with van der Waals surface area (Å²) < 4.78 is 0. The first-order chi connectivity index (χ1) is 25.7. The normalized spacial score (nSPS) is 15.1. The Morgan fingerprint density at radius 1 is 0.481 bits per heavy atom.